The molecule has 3 saturated carbocycles. The number of imidazole rings is 1. The number of fused-ring (bicyclic) bond motifs is 2. The van der Waals surface area contributed by atoms with Gasteiger partial charge in [0, 0.05) is 25.6 Å². The second-order valence-electron chi connectivity index (χ2n) is 8.16. The van der Waals surface area contributed by atoms with Gasteiger partial charge in [0.05, 0.1) is 11.8 Å². The van der Waals surface area contributed by atoms with Crippen molar-refractivity contribution in [2.24, 2.45) is 17.3 Å². The van der Waals surface area contributed by atoms with Gasteiger partial charge >= 0.3 is 0 Å². The van der Waals surface area contributed by atoms with Crippen LogP contribution in [-0.4, -0.2) is 21.8 Å². The molecular formula is C21H22N4O. The molecular weight excluding hydrogens is 324 g/mol. The fourth-order valence-electron chi connectivity index (χ4n) is 5.28. The quantitative estimate of drug-likeness (QED) is 0.845. The number of nitrogens with zero attached hydrogens (tertiary/aromatic N) is 3. The summed E-state index contributed by atoms with van der Waals surface area (Å²) in [7, 11) is 0. The third-order valence-electron chi connectivity index (χ3n) is 6.53. The average molecular weight is 346 g/mol. The number of rotatable bonds is 5. The highest BCUT2D eigenvalue weighted by atomic mass is 16.1. The van der Waals surface area contributed by atoms with E-state index in [1.807, 2.05) is 28.8 Å². The monoisotopic (exact) mass is 346 g/mol. The van der Waals surface area contributed by atoms with Crippen LogP contribution in [0.1, 0.15) is 48.3 Å². The topological polar surface area (TPSA) is 70.2 Å². The zero-order valence-corrected chi connectivity index (χ0v) is 14.7. The Hall–Kier alpha value is -2.61. The molecule has 3 fully saturated rings. The van der Waals surface area contributed by atoms with Crippen LogP contribution in [0.5, 0.6) is 0 Å². The lowest BCUT2D eigenvalue weighted by Gasteiger charge is -2.58. The van der Waals surface area contributed by atoms with E-state index in [0.717, 1.165) is 36.1 Å². The van der Waals surface area contributed by atoms with E-state index in [-0.39, 0.29) is 11.3 Å². The van der Waals surface area contributed by atoms with Gasteiger partial charge in [0.2, 0.25) is 0 Å². The lowest BCUT2D eigenvalue weighted by molar-refractivity contribution is 0.0369. The Labute approximate surface area is 152 Å². The molecule has 0 saturated heterocycles. The first-order valence-electron chi connectivity index (χ1n) is 9.50. The molecule has 7 rings (SSSR count). The van der Waals surface area contributed by atoms with Gasteiger partial charge in [-0.15, -0.1) is 0 Å². The number of hydrogen-bond donors (Lipinski definition) is 1. The highest BCUT2D eigenvalue weighted by molar-refractivity contribution is 5.93. The second kappa shape index (κ2) is 5.70. The van der Waals surface area contributed by atoms with Gasteiger partial charge in [-0.05, 0) is 55.1 Å². The molecule has 2 atom stereocenters. The Bertz CT molecular complexity index is 950. The van der Waals surface area contributed by atoms with Crippen LogP contribution in [0.2, 0.25) is 0 Å². The first kappa shape index (κ1) is 15.6. The number of allylic oxidation sites excluding steroid dienone is 2. The Morgan fingerprint density at radius 3 is 3.00 bits per heavy atom. The summed E-state index contributed by atoms with van der Waals surface area (Å²) in [5.74, 6) is 1.54. The molecule has 2 heterocycles. The molecule has 0 aliphatic heterocycles. The third kappa shape index (κ3) is 2.36. The minimum absolute atomic E-state index is 0.0387. The molecule has 1 N–H and O–H groups in total. The zero-order valence-electron chi connectivity index (χ0n) is 14.7. The van der Waals surface area contributed by atoms with Gasteiger partial charge < -0.3 is 5.32 Å². The first-order valence-corrected chi connectivity index (χ1v) is 9.50. The van der Waals surface area contributed by atoms with Gasteiger partial charge in [0.25, 0.3) is 5.91 Å². The van der Waals surface area contributed by atoms with E-state index in [1.54, 1.807) is 5.57 Å². The van der Waals surface area contributed by atoms with Crippen LogP contribution in [0.25, 0.3) is 5.65 Å². The summed E-state index contributed by atoms with van der Waals surface area (Å²) in [6.45, 7) is 0.759. The summed E-state index contributed by atoms with van der Waals surface area (Å²) in [4.78, 5) is 17.4. The smallest absolute Gasteiger partial charge is 0.268 e. The van der Waals surface area contributed by atoms with Crippen molar-refractivity contribution in [2.45, 2.75) is 38.5 Å². The first-order chi connectivity index (χ1) is 12.7. The van der Waals surface area contributed by atoms with E-state index in [9.17, 15) is 4.79 Å². The highest BCUT2D eigenvalue weighted by Crippen LogP contribution is 2.62. The Kier molecular flexibility index (Phi) is 3.43. The molecule has 1 amide bonds. The largest absolute Gasteiger partial charge is 0.350 e. The van der Waals surface area contributed by atoms with Gasteiger partial charge in [0.15, 0.2) is 0 Å². The Morgan fingerprint density at radius 1 is 1.38 bits per heavy atom. The maximum absolute atomic E-state index is 12.9. The molecule has 5 aliphatic rings. The number of aromatic nitrogens is 2. The Morgan fingerprint density at radius 2 is 2.23 bits per heavy atom. The fourth-order valence-corrected chi connectivity index (χ4v) is 5.28. The molecule has 5 heteroatoms. The van der Waals surface area contributed by atoms with E-state index in [4.69, 9.17) is 5.26 Å². The molecule has 2 unspecified atom stereocenters. The third-order valence-corrected chi connectivity index (χ3v) is 6.53. The van der Waals surface area contributed by atoms with Crippen LogP contribution in [0, 0.1) is 28.6 Å². The van der Waals surface area contributed by atoms with Crippen molar-refractivity contribution in [3.63, 3.8) is 0 Å². The van der Waals surface area contributed by atoms with E-state index in [0.29, 0.717) is 18.5 Å². The molecule has 0 aromatic carbocycles. The standard InChI is InChI=1S/C21H22N4O/c22-8-2-3-16-12-25-18(4-1-5-19(25)24-16)20(26)23-13-21-7-6-17-14(10-21)9-15(17)11-21/h1,4-6,12,14-15H,2-3,7,9-11,13H2,(H,23,26). The zero-order chi connectivity index (χ0) is 17.7. The predicted molar refractivity (Wildman–Crippen MR) is 97.4 cm³/mol. The number of nitriles is 1. The van der Waals surface area contributed by atoms with Crippen LogP contribution in [-0.2, 0) is 6.42 Å². The van der Waals surface area contributed by atoms with Crippen molar-refractivity contribution in [1.82, 2.24) is 14.7 Å². The van der Waals surface area contributed by atoms with Crippen molar-refractivity contribution < 1.29 is 4.79 Å². The van der Waals surface area contributed by atoms with Gasteiger partial charge in [0.1, 0.15) is 11.3 Å². The normalized spacial score (nSPS) is 28.3. The van der Waals surface area contributed by atoms with Crippen LogP contribution in [0.15, 0.2) is 36.0 Å². The molecule has 132 valence electrons. The van der Waals surface area contributed by atoms with Crippen molar-refractivity contribution in [3.05, 3.63) is 47.4 Å². The van der Waals surface area contributed by atoms with Crippen LogP contribution < -0.4 is 5.32 Å². The van der Waals surface area contributed by atoms with E-state index in [2.05, 4.69) is 22.4 Å². The van der Waals surface area contributed by atoms with Crippen LogP contribution >= 0.6 is 0 Å². The number of carbonyl (C=O) groups is 1. The number of hydrogen-bond acceptors (Lipinski definition) is 3. The second-order valence-corrected chi connectivity index (χ2v) is 8.16. The van der Waals surface area contributed by atoms with Crippen molar-refractivity contribution in [3.8, 4) is 6.07 Å². The van der Waals surface area contributed by atoms with E-state index in [1.165, 1.54) is 19.3 Å². The van der Waals surface area contributed by atoms with Crippen molar-refractivity contribution >= 4 is 11.6 Å². The highest BCUT2D eigenvalue weighted by Gasteiger charge is 2.52. The number of aryl methyl sites for hydroxylation is 1. The molecule has 0 radical (unpaired) electrons. The molecule has 5 aliphatic carbocycles. The maximum Gasteiger partial charge on any atom is 0.268 e. The summed E-state index contributed by atoms with van der Waals surface area (Å²) in [5, 5.41) is 12.0. The lowest BCUT2D eigenvalue weighted by Crippen LogP contribution is -2.51. The molecule has 2 aromatic heterocycles. The number of nitrogens with one attached hydrogen (secondary N) is 1. The van der Waals surface area contributed by atoms with Crippen molar-refractivity contribution in [2.75, 3.05) is 6.54 Å². The van der Waals surface area contributed by atoms with Crippen molar-refractivity contribution in [1.29, 1.82) is 5.26 Å². The van der Waals surface area contributed by atoms with Gasteiger partial charge in [-0.1, -0.05) is 17.7 Å². The minimum Gasteiger partial charge on any atom is -0.350 e. The van der Waals surface area contributed by atoms with Gasteiger partial charge in [-0.25, -0.2) is 4.98 Å². The molecule has 4 bridgehead atoms. The molecule has 26 heavy (non-hydrogen) atoms. The summed E-state index contributed by atoms with van der Waals surface area (Å²) >= 11 is 0. The van der Waals surface area contributed by atoms with Crippen LogP contribution in [0.4, 0.5) is 0 Å². The molecule has 5 nitrogen and oxygen atoms in total. The predicted octanol–water partition coefficient (Wildman–Crippen LogP) is 3.27. The summed E-state index contributed by atoms with van der Waals surface area (Å²) in [5.41, 5.74) is 4.19. The fraction of sp³-hybridized carbons (Fsp3) is 0.476. The summed E-state index contributed by atoms with van der Waals surface area (Å²) < 4.78 is 1.84. The Balaban J connectivity index is 1.33. The summed E-state index contributed by atoms with van der Waals surface area (Å²) in [6, 6.07) is 7.75. The molecule has 2 aromatic rings. The van der Waals surface area contributed by atoms with E-state index < -0.39 is 0 Å². The minimum atomic E-state index is -0.0387. The van der Waals surface area contributed by atoms with E-state index >= 15 is 0 Å². The average Bonchev–Trinajstić information content (AvgIpc) is 3.07. The SMILES string of the molecule is N#CCCc1cn2c(C(=O)NCC34CC=C5C(CC5C3)C4)cccc2n1. The van der Waals surface area contributed by atoms with Gasteiger partial charge in [-0.3, -0.25) is 9.20 Å². The number of amides is 1. The number of pyridine rings is 1. The van der Waals surface area contributed by atoms with Crippen LogP contribution in [0.3, 0.4) is 0 Å². The lowest BCUT2D eigenvalue weighted by atomic mass is 9.48. The maximum atomic E-state index is 12.9. The summed E-state index contributed by atoms with van der Waals surface area (Å²) in [6.07, 6.45) is 10.3. The van der Waals surface area contributed by atoms with Gasteiger partial charge in [-0.2, -0.15) is 5.26 Å². The number of carbonyl (C=O) groups excluding carboxylic acids is 1. The molecule has 0 spiro atoms.